The number of hydrogen-bond acceptors (Lipinski definition) is 7. The van der Waals surface area contributed by atoms with Crippen LogP contribution in [0.4, 0.5) is 26.3 Å². The number of aromatic nitrogens is 3. The highest BCUT2D eigenvalue weighted by atomic mass is 19.4. The topological polar surface area (TPSA) is 142 Å². The van der Waals surface area contributed by atoms with E-state index in [4.69, 9.17) is 15.2 Å². The Balaban J connectivity index is 1.54. The highest BCUT2D eigenvalue weighted by molar-refractivity contribution is 6.00. The number of nitrogens with zero attached hydrogens (tertiary/aromatic N) is 3. The molecule has 16 heteroatoms. The van der Waals surface area contributed by atoms with Crippen LogP contribution < -0.4 is 20.5 Å². The Morgan fingerprint density at radius 2 is 1.83 bits per heavy atom. The van der Waals surface area contributed by atoms with Crippen LogP contribution in [0.3, 0.4) is 0 Å². The summed E-state index contributed by atoms with van der Waals surface area (Å²) in [4.78, 5) is 29.2. The molecule has 2 aromatic heterocycles. The minimum Gasteiger partial charge on any atom is -0.491 e. The quantitative estimate of drug-likeness (QED) is 0.177. The Kier molecular flexibility index (Phi) is 9.08. The number of hydrogen-bond donors (Lipinski definition) is 3. The minimum absolute atomic E-state index is 0.00711. The minimum atomic E-state index is -5.44. The molecule has 0 unspecified atom stereocenters. The zero-order valence-corrected chi connectivity index (χ0v) is 24.8. The number of ether oxygens (including phenoxy) is 2. The van der Waals surface area contributed by atoms with E-state index in [2.05, 4.69) is 15.4 Å². The smallest absolute Gasteiger partial charge is 0.424 e. The van der Waals surface area contributed by atoms with Crippen LogP contribution in [0.1, 0.15) is 41.4 Å². The Morgan fingerprint density at radius 3 is 2.43 bits per heavy atom. The Labute approximate surface area is 263 Å². The van der Waals surface area contributed by atoms with Crippen molar-refractivity contribution in [2.24, 2.45) is 5.73 Å². The first-order chi connectivity index (χ1) is 22.2. The molecule has 250 valence electrons. The lowest BCUT2D eigenvalue weighted by Crippen LogP contribution is -2.51. The van der Waals surface area contributed by atoms with Gasteiger partial charge in [0.15, 0.2) is 0 Å². The largest absolute Gasteiger partial charge is 0.491 e. The van der Waals surface area contributed by atoms with Crippen molar-refractivity contribution in [1.29, 1.82) is 0 Å². The molecule has 1 saturated carbocycles. The second-order valence-corrected chi connectivity index (χ2v) is 10.9. The van der Waals surface area contributed by atoms with Crippen LogP contribution in [0.25, 0.3) is 22.2 Å². The van der Waals surface area contributed by atoms with E-state index in [9.17, 15) is 41.0 Å². The van der Waals surface area contributed by atoms with Crippen molar-refractivity contribution < 1.29 is 50.5 Å². The number of primary amides is 1. The van der Waals surface area contributed by atoms with Gasteiger partial charge in [0, 0.05) is 41.1 Å². The fraction of sp³-hybridized carbons (Fsp3) is 0.355. The third-order valence-electron chi connectivity index (χ3n) is 7.46. The van der Waals surface area contributed by atoms with Crippen LogP contribution in [-0.4, -0.2) is 64.3 Å². The van der Waals surface area contributed by atoms with Gasteiger partial charge in [-0.25, -0.2) is 22.8 Å². The average Bonchev–Trinajstić information content (AvgIpc) is 3.61. The molecular weight excluding hydrogens is 636 g/mol. The highest BCUT2D eigenvalue weighted by Gasteiger charge is 2.57. The molecule has 1 aliphatic rings. The summed E-state index contributed by atoms with van der Waals surface area (Å²) in [5.74, 6) is -4.61. The lowest BCUT2D eigenvalue weighted by molar-refractivity contribution is -0.265. The number of nitrogens with two attached hydrogens (primary N) is 1. The van der Waals surface area contributed by atoms with Crippen molar-refractivity contribution >= 4 is 22.7 Å². The second kappa shape index (κ2) is 12.7. The molecule has 2 heterocycles. The molecule has 5 rings (SSSR count). The first-order valence-corrected chi connectivity index (χ1v) is 14.4. The van der Waals surface area contributed by atoms with E-state index in [1.54, 1.807) is 6.92 Å². The zero-order valence-electron chi connectivity index (χ0n) is 24.8. The van der Waals surface area contributed by atoms with E-state index in [0.717, 1.165) is 28.9 Å². The summed E-state index contributed by atoms with van der Waals surface area (Å²) in [5.41, 5.74) is 0.0938. The summed E-state index contributed by atoms with van der Waals surface area (Å²) in [6.45, 7) is -1.21. The highest BCUT2D eigenvalue weighted by Crippen LogP contribution is 2.46. The standard InChI is InChI=1S/C31H29F6N5O5/c1-2-46-27-18(14-24(38)43)13-23(40-26(27)17-3-5-21(33)6-4-17)30(45,31(35,36)37)16-39-28(44)19-11-20-15-42(29(34)7-8-29)41-25(20)22(12-19)47-10-9-32/h3-6,11-13,15,45H,2,7-10,14,16H2,1H3,(H2,38,43)(H,39,44)/t30-/m0/s1. The van der Waals surface area contributed by atoms with Gasteiger partial charge in [0.05, 0.1) is 25.3 Å². The summed E-state index contributed by atoms with van der Waals surface area (Å²) in [7, 11) is 0. The molecule has 2 aromatic carbocycles. The predicted molar refractivity (Wildman–Crippen MR) is 156 cm³/mol. The van der Waals surface area contributed by atoms with E-state index in [1.807, 2.05) is 0 Å². The van der Waals surface area contributed by atoms with Gasteiger partial charge in [-0.15, -0.1) is 0 Å². The van der Waals surface area contributed by atoms with Gasteiger partial charge in [0.1, 0.15) is 41.8 Å². The van der Waals surface area contributed by atoms with E-state index in [-0.39, 0.29) is 64.2 Å². The first kappa shape index (κ1) is 33.5. The second-order valence-electron chi connectivity index (χ2n) is 10.9. The fourth-order valence-corrected chi connectivity index (χ4v) is 4.90. The van der Waals surface area contributed by atoms with Gasteiger partial charge in [-0.2, -0.15) is 18.3 Å². The van der Waals surface area contributed by atoms with Gasteiger partial charge < -0.3 is 25.6 Å². The first-order valence-electron chi connectivity index (χ1n) is 14.4. The lowest BCUT2D eigenvalue weighted by Gasteiger charge is -2.31. The maximum absolute atomic E-state index is 14.7. The van der Waals surface area contributed by atoms with E-state index in [0.29, 0.717) is 0 Å². The molecule has 0 radical (unpaired) electrons. The molecule has 2 amide bonds. The number of halogens is 6. The molecule has 0 aliphatic heterocycles. The summed E-state index contributed by atoms with van der Waals surface area (Å²) < 4.78 is 97.3. The molecule has 0 bridgehead atoms. The summed E-state index contributed by atoms with van der Waals surface area (Å²) in [5, 5.41) is 17.6. The molecule has 0 saturated heterocycles. The molecule has 1 atom stereocenters. The maximum atomic E-state index is 14.7. The number of alkyl halides is 5. The lowest BCUT2D eigenvalue weighted by atomic mass is 9.93. The molecule has 4 aromatic rings. The van der Waals surface area contributed by atoms with Gasteiger partial charge in [0.2, 0.25) is 17.3 Å². The Morgan fingerprint density at radius 1 is 1.13 bits per heavy atom. The van der Waals surface area contributed by atoms with Crippen molar-refractivity contribution in [3.63, 3.8) is 0 Å². The third-order valence-corrected chi connectivity index (χ3v) is 7.46. The van der Waals surface area contributed by atoms with Crippen LogP contribution in [0, 0.1) is 5.82 Å². The number of carbonyl (C=O) groups is 2. The third kappa shape index (κ3) is 6.82. The van der Waals surface area contributed by atoms with E-state index in [1.165, 1.54) is 24.4 Å². The number of benzene rings is 2. The van der Waals surface area contributed by atoms with Gasteiger partial charge in [-0.05, 0) is 49.4 Å². The summed E-state index contributed by atoms with van der Waals surface area (Å²) >= 11 is 0. The molecule has 4 N–H and O–H groups in total. The summed E-state index contributed by atoms with van der Waals surface area (Å²) in [6.07, 6.45) is -4.34. The molecule has 0 spiro atoms. The number of fused-ring (bicyclic) bond motifs is 1. The molecule has 10 nitrogen and oxygen atoms in total. The molecular formula is C31H29F6N5O5. The number of carbonyl (C=O) groups excluding carboxylic acids is 2. The van der Waals surface area contributed by atoms with E-state index >= 15 is 0 Å². The molecule has 1 aliphatic carbocycles. The Hall–Kier alpha value is -4.86. The number of nitrogens with one attached hydrogen (secondary N) is 1. The number of amides is 2. The van der Waals surface area contributed by atoms with Gasteiger partial charge in [-0.1, -0.05) is 0 Å². The predicted octanol–water partition coefficient (Wildman–Crippen LogP) is 4.61. The normalized spacial score (nSPS) is 15.2. The number of pyridine rings is 1. The van der Waals surface area contributed by atoms with E-state index < -0.39 is 67.1 Å². The number of rotatable bonds is 13. The van der Waals surface area contributed by atoms with Crippen LogP contribution in [0.5, 0.6) is 11.5 Å². The van der Waals surface area contributed by atoms with Crippen molar-refractivity contribution in [3.8, 4) is 22.8 Å². The van der Waals surface area contributed by atoms with Gasteiger partial charge >= 0.3 is 6.18 Å². The zero-order chi connectivity index (χ0) is 34.1. The van der Waals surface area contributed by atoms with Crippen molar-refractivity contribution in [2.75, 3.05) is 26.4 Å². The van der Waals surface area contributed by atoms with Crippen molar-refractivity contribution in [3.05, 3.63) is 71.3 Å². The van der Waals surface area contributed by atoms with Crippen molar-refractivity contribution in [1.82, 2.24) is 20.1 Å². The maximum Gasteiger partial charge on any atom is 0.424 e. The Bertz CT molecular complexity index is 1810. The van der Waals surface area contributed by atoms with Crippen LogP contribution in [0.2, 0.25) is 0 Å². The van der Waals surface area contributed by atoms with Crippen LogP contribution >= 0.6 is 0 Å². The number of aliphatic hydroxyl groups is 1. The average molecular weight is 666 g/mol. The molecule has 1 fully saturated rings. The summed E-state index contributed by atoms with van der Waals surface area (Å²) in [6, 6.07) is 7.67. The van der Waals surface area contributed by atoms with Gasteiger partial charge in [-0.3, -0.25) is 9.59 Å². The van der Waals surface area contributed by atoms with Gasteiger partial charge in [0.25, 0.3) is 5.91 Å². The molecule has 47 heavy (non-hydrogen) atoms. The SMILES string of the molecule is CCOc1c(CC(N)=O)cc([C@@](O)(CNC(=O)c2cc(OCCF)c3nn(C4(F)CC4)cc3c2)C(F)(F)F)nc1-c1ccc(F)cc1. The van der Waals surface area contributed by atoms with Crippen LogP contribution in [0.15, 0.2) is 48.7 Å². The monoisotopic (exact) mass is 665 g/mol. The van der Waals surface area contributed by atoms with Crippen LogP contribution in [-0.2, 0) is 22.6 Å². The van der Waals surface area contributed by atoms with Crippen molar-refractivity contribution in [2.45, 2.75) is 43.8 Å². The fourth-order valence-electron chi connectivity index (χ4n) is 4.90.